The normalized spacial score (nSPS) is 26.4. The summed E-state index contributed by atoms with van der Waals surface area (Å²) in [6.45, 7) is 7.90. The molecule has 0 unspecified atom stereocenters. The number of aromatic nitrogens is 1. The van der Waals surface area contributed by atoms with Crippen LogP contribution in [0.4, 0.5) is 4.39 Å². The predicted molar refractivity (Wildman–Crippen MR) is 110 cm³/mol. The van der Waals surface area contributed by atoms with E-state index < -0.39 is 18.3 Å². The second-order valence-corrected chi connectivity index (χ2v) is 8.23. The number of aliphatic hydroxyl groups is 2. The standard InChI is InChI=1S/C23H27FN2O3/c1-12(2)15-8-9-26(13(15)3)19-11-21(23(28)22(19)27)29-20-7-6-18(24)16-5-4-14(25)10-17(16)20/h6-9,19,21-23,25,27-28H,1,4-5,10-11H2,2-3H3/t19-,21+,22+,23-/m1/s1. The van der Waals surface area contributed by atoms with Gasteiger partial charge in [0.15, 0.2) is 0 Å². The van der Waals surface area contributed by atoms with Gasteiger partial charge in [-0.3, -0.25) is 0 Å². The summed E-state index contributed by atoms with van der Waals surface area (Å²) in [5.74, 6) is 0.217. The minimum Gasteiger partial charge on any atom is -0.487 e. The van der Waals surface area contributed by atoms with Crippen molar-refractivity contribution in [2.75, 3.05) is 0 Å². The summed E-state index contributed by atoms with van der Waals surface area (Å²) in [6, 6.07) is 4.59. The van der Waals surface area contributed by atoms with E-state index in [4.69, 9.17) is 10.1 Å². The number of allylic oxidation sites excluding steroid dienone is 1. The van der Waals surface area contributed by atoms with Crippen LogP contribution in [0, 0.1) is 18.2 Å². The molecule has 154 valence electrons. The van der Waals surface area contributed by atoms with E-state index in [1.54, 1.807) is 6.07 Å². The van der Waals surface area contributed by atoms with Crippen LogP contribution in [0.5, 0.6) is 5.75 Å². The number of nitrogens with one attached hydrogen (secondary N) is 1. The number of hydrogen-bond donors (Lipinski definition) is 3. The topological polar surface area (TPSA) is 78.5 Å². The van der Waals surface area contributed by atoms with Gasteiger partial charge in [0.05, 0.1) is 6.04 Å². The van der Waals surface area contributed by atoms with Crippen LogP contribution in [0.15, 0.2) is 31.0 Å². The molecule has 4 atom stereocenters. The van der Waals surface area contributed by atoms with Gasteiger partial charge in [-0.05, 0) is 61.6 Å². The molecule has 2 aliphatic rings. The third kappa shape index (κ3) is 3.40. The van der Waals surface area contributed by atoms with Crippen molar-refractivity contribution in [3.05, 3.63) is 59.2 Å². The summed E-state index contributed by atoms with van der Waals surface area (Å²) in [5.41, 5.74) is 4.79. The fourth-order valence-corrected chi connectivity index (χ4v) is 4.66. The molecule has 0 radical (unpaired) electrons. The van der Waals surface area contributed by atoms with Gasteiger partial charge in [-0.2, -0.15) is 0 Å². The molecule has 6 heteroatoms. The van der Waals surface area contributed by atoms with Crippen LogP contribution in [0.25, 0.3) is 5.57 Å². The highest BCUT2D eigenvalue weighted by Crippen LogP contribution is 2.38. The summed E-state index contributed by atoms with van der Waals surface area (Å²) in [4.78, 5) is 0. The highest BCUT2D eigenvalue weighted by Gasteiger charge is 2.44. The Bertz CT molecular complexity index is 981. The number of ether oxygens (including phenoxy) is 1. The molecule has 1 saturated carbocycles. The smallest absolute Gasteiger partial charge is 0.129 e. The Morgan fingerprint density at radius 3 is 2.66 bits per heavy atom. The van der Waals surface area contributed by atoms with Crippen LogP contribution in [0.1, 0.15) is 48.2 Å². The van der Waals surface area contributed by atoms with E-state index in [1.807, 2.05) is 30.7 Å². The third-order valence-electron chi connectivity index (χ3n) is 6.27. The molecule has 4 rings (SSSR count). The maximum absolute atomic E-state index is 14.2. The zero-order valence-corrected chi connectivity index (χ0v) is 16.8. The number of aliphatic hydroxyl groups excluding tert-OH is 2. The Labute approximate surface area is 170 Å². The predicted octanol–water partition coefficient (Wildman–Crippen LogP) is 3.59. The molecule has 2 aromatic rings. The molecule has 0 spiro atoms. The molecule has 29 heavy (non-hydrogen) atoms. The van der Waals surface area contributed by atoms with E-state index in [9.17, 15) is 14.6 Å². The van der Waals surface area contributed by atoms with Gasteiger partial charge >= 0.3 is 0 Å². The first kappa shape index (κ1) is 19.9. The highest BCUT2D eigenvalue weighted by molar-refractivity contribution is 5.86. The molecule has 0 aliphatic heterocycles. The van der Waals surface area contributed by atoms with Crippen LogP contribution in [-0.2, 0) is 12.8 Å². The molecular weight excluding hydrogens is 371 g/mol. The van der Waals surface area contributed by atoms with Crippen LogP contribution in [0.2, 0.25) is 0 Å². The van der Waals surface area contributed by atoms with E-state index in [-0.39, 0.29) is 11.9 Å². The number of halogens is 1. The molecule has 3 N–H and O–H groups in total. The Hall–Kier alpha value is -2.44. The van der Waals surface area contributed by atoms with E-state index in [2.05, 4.69) is 6.58 Å². The Kier molecular flexibility index (Phi) is 5.09. The van der Waals surface area contributed by atoms with E-state index in [0.29, 0.717) is 48.3 Å². The number of rotatable bonds is 4. The first-order valence-electron chi connectivity index (χ1n) is 10.0. The summed E-state index contributed by atoms with van der Waals surface area (Å²) in [6.07, 6.45) is 1.09. The number of benzene rings is 1. The van der Waals surface area contributed by atoms with Crippen molar-refractivity contribution in [3.63, 3.8) is 0 Å². The second kappa shape index (κ2) is 7.43. The zero-order valence-electron chi connectivity index (χ0n) is 16.8. The highest BCUT2D eigenvalue weighted by atomic mass is 19.1. The molecule has 2 aliphatic carbocycles. The molecule has 1 aromatic heterocycles. The minimum atomic E-state index is -1.06. The van der Waals surface area contributed by atoms with Gasteiger partial charge in [0.2, 0.25) is 0 Å². The number of nitrogens with zero attached hydrogens (tertiary/aromatic N) is 1. The SMILES string of the molecule is C=C(C)c1ccn([C@@H]2C[C@H](Oc3ccc(F)c4c3CC(=N)CC4)[C@@H](O)[C@H]2O)c1C. The van der Waals surface area contributed by atoms with E-state index >= 15 is 0 Å². The summed E-state index contributed by atoms with van der Waals surface area (Å²) >= 11 is 0. The Balaban J connectivity index is 1.60. The first-order chi connectivity index (χ1) is 13.8. The molecule has 1 fully saturated rings. The van der Waals surface area contributed by atoms with E-state index in [0.717, 1.165) is 16.8 Å². The Morgan fingerprint density at radius 2 is 1.97 bits per heavy atom. The average Bonchev–Trinajstić information content (AvgIpc) is 3.18. The maximum Gasteiger partial charge on any atom is 0.129 e. The minimum absolute atomic E-state index is 0.278. The van der Waals surface area contributed by atoms with Gasteiger partial charge in [-0.25, -0.2) is 4.39 Å². The van der Waals surface area contributed by atoms with Gasteiger partial charge in [0, 0.05) is 36.0 Å². The van der Waals surface area contributed by atoms with Crippen molar-refractivity contribution in [1.29, 1.82) is 5.41 Å². The van der Waals surface area contributed by atoms with Crippen molar-refractivity contribution < 1.29 is 19.3 Å². The van der Waals surface area contributed by atoms with E-state index in [1.165, 1.54) is 6.07 Å². The van der Waals surface area contributed by atoms with Crippen LogP contribution in [0.3, 0.4) is 0 Å². The zero-order chi connectivity index (χ0) is 20.9. The van der Waals surface area contributed by atoms with Gasteiger partial charge < -0.3 is 24.9 Å². The van der Waals surface area contributed by atoms with Crippen molar-refractivity contribution in [1.82, 2.24) is 4.57 Å². The summed E-state index contributed by atoms with van der Waals surface area (Å²) in [5, 5.41) is 29.3. The lowest BCUT2D eigenvalue weighted by Crippen LogP contribution is -2.34. The third-order valence-corrected chi connectivity index (χ3v) is 6.27. The molecule has 1 aromatic carbocycles. The lowest BCUT2D eigenvalue weighted by Gasteiger charge is -2.24. The molecule has 0 bridgehead atoms. The largest absolute Gasteiger partial charge is 0.487 e. The van der Waals surface area contributed by atoms with Gasteiger partial charge in [0.25, 0.3) is 0 Å². The lowest BCUT2D eigenvalue weighted by atomic mass is 9.89. The molecule has 1 heterocycles. The lowest BCUT2D eigenvalue weighted by molar-refractivity contribution is -0.0170. The first-order valence-corrected chi connectivity index (χ1v) is 10.0. The maximum atomic E-state index is 14.2. The summed E-state index contributed by atoms with van der Waals surface area (Å²) < 4.78 is 22.3. The fraction of sp³-hybridized carbons (Fsp3) is 0.435. The van der Waals surface area contributed by atoms with Crippen molar-refractivity contribution in [3.8, 4) is 5.75 Å². The van der Waals surface area contributed by atoms with Crippen molar-refractivity contribution in [2.45, 2.75) is 63.9 Å². The number of hydrogen-bond acceptors (Lipinski definition) is 4. The van der Waals surface area contributed by atoms with Crippen molar-refractivity contribution >= 4 is 11.3 Å². The summed E-state index contributed by atoms with van der Waals surface area (Å²) in [7, 11) is 0. The molecule has 5 nitrogen and oxygen atoms in total. The quantitative estimate of drug-likeness (QED) is 0.736. The van der Waals surface area contributed by atoms with Crippen molar-refractivity contribution in [2.24, 2.45) is 0 Å². The van der Waals surface area contributed by atoms with Crippen LogP contribution in [-0.4, -0.2) is 38.8 Å². The van der Waals surface area contributed by atoms with Gasteiger partial charge in [-0.15, -0.1) is 0 Å². The molecular formula is C23H27FN2O3. The van der Waals surface area contributed by atoms with Crippen LogP contribution < -0.4 is 4.74 Å². The van der Waals surface area contributed by atoms with Crippen LogP contribution >= 0.6 is 0 Å². The second-order valence-electron chi connectivity index (χ2n) is 8.23. The monoisotopic (exact) mass is 398 g/mol. The average molecular weight is 398 g/mol. The Morgan fingerprint density at radius 1 is 1.21 bits per heavy atom. The number of fused-ring (bicyclic) bond motifs is 1. The van der Waals surface area contributed by atoms with Gasteiger partial charge in [-0.1, -0.05) is 6.58 Å². The molecule has 0 amide bonds. The fourth-order valence-electron chi connectivity index (χ4n) is 4.66. The van der Waals surface area contributed by atoms with Gasteiger partial charge in [0.1, 0.15) is 29.9 Å². The molecule has 0 saturated heterocycles.